The lowest BCUT2D eigenvalue weighted by molar-refractivity contribution is -0.114. The Morgan fingerprint density at radius 3 is 2.56 bits per heavy atom. The molecule has 25 heavy (non-hydrogen) atoms. The number of rotatable bonds is 8. The lowest BCUT2D eigenvalue weighted by atomic mass is 10.3. The fourth-order valence-corrected chi connectivity index (χ4v) is 4.44. The van der Waals surface area contributed by atoms with Gasteiger partial charge in [0.05, 0.1) is 11.9 Å². The van der Waals surface area contributed by atoms with Gasteiger partial charge in [-0.15, -0.1) is 10.2 Å². The van der Waals surface area contributed by atoms with Crippen LogP contribution in [0.2, 0.25) is 0 Å². The zero-order valence-electron chi connectivity index (χ0n) is 14.2. The fourth-order valence-electron chi connectivity index (χ4n) is 1.84. The summed E-state index contributed by atoms with van der Waals surface area (Å²) in [7, 11) is -3.58. The van der Waals surface area contributed by atoms with Gasteiger partial charge in [0, 0.05) is 5.75 Å². The second kappa shape index (κ2) is 8.63. The predicted molar refractivity (Wildman–Crippen MR) is 103 cm³/mol. The number of amides is 1. The van der Waals surface area contributed by atoms with Crippen LogP contribution < -0.4 is 9.62 Å². The zero-order valence-corrected chi connectivity index (χ0v) is 16.6. The molecule has 0 saturated heterocycles. The fraction of sp³-hybridized carbons (Fsp3) is 0.400. The van der Waals surface area contributed by atoms with E-state index in [-0.39, 0.29) is 6.54 Å². The molecule has 1 aromatic carbocycles. The van der Waals surface area contributed by atoms with Crippen molar-refractivity contribution >= 4 is 49.8 Å². The molecule has 0 fully saturated rings. The van der Waals surface area contributed by atoms with Crippen molar-refractivity contribution in [3.05, 3.63) is 30.3 Å². The van der Waals surface area contributed by atoms with E-state index in [0.717, 1.165) is 20.7 Å². The Kier molecular flexibility index (Phi) is 6.79. The predicted octanol–water partition coefficient (Wildman–Crippen LogP) is 2.69. The minimum absolute atomic E-state index is 0.323. The Morgan fingerprint density at radius 2 is 1.96 bits per heavy atom. The molecule has 0 aliphatic carbocycles. The number of carbonyl (C=O) groups is 1. The van der Waals surface area contributed by atoms with Crippen LogP contribution in [0.1, 0.15) is 13.8 Å². The molecule has 1 aromatic heterocycles. The first-order chi connectivity index (χ1) is 11.8. The smallest absolute Gasteiger partial charge is 0.246 e. The molecule has 136 valence electrons. The molecule has 2 aromatic rings. The van der Waals surface area contributed by atoms with E-state index in [1.54, 1.807) is 42.1 Å². The number of carbonyl (C=O) groups excluding carboxylic acids is 1. The van der Waals surface area contributed by atoms with Gasteiger partial charge in [-0.25, -0.2) is 8.42 Å². The third-order valence-electron chi connectivity index (χ3n) is 2.92. The lowest BCUT2D eigenvalue weighted by Crippen LogP contribution is -2.37. The molecule has 0 saturated carbocycles. The number of anilines is 2. The number of nitrogens with zero attached hydrogens (tertiary/aromatic N) is 3. The molecule has 1 heterocycles. The van der Waals surface area contributed by atoms with E-state index in [4.69, 9.17) is 0 Å². The van der Waals surface area contributed by atoms with E-state index in [1.165, 1.54) is 11.3 Å². The molecule has 1 N–H and O–H groups in total. The zero-order chi connectivity index (χ0) is 18.4. The molecule has 2 rings (SSSR count). The summed E-state index contributed by atoms with van der Waals surface area (Å²) in [6.07, 6.45) is 1.07. The maximum atomic E-state index is 12.2. The highest BCUT2D eigenvalue weighted by atomic mass is 32.2. The Bertz CT molecular complexity index is 806. The molecule has 10 heteroatoms. The summed E-state index contributed by atoms with van der Waals surface area (Å²) in [6, 6.07) is 8.49. The number of aromatic nitrogens is 2. The maximum Gasteiger partial charge on any atom is 0.246 e. The summed E-state index contributed by atoms with van der Waals surface area (Å²) in [5.74, 6) is 0.977. The second-order valence-corrected chi connectivity index (χ2v) is 9.88. The molecular weight excluding hydrogens is 380 g/mol. The largest absolute Gasteiger partial charge is 0.299 e. The van der Waals surface area contributed by atoms with E-state index in [0.29, 0.717) is 16.7 Å². The van der Waals surface area contributed by atoms with E-state index in [2.05, 4.69) is 29.4 Å². The van der Waals surface area contributed by atoms with Crippen molar-refractivity contribution in [1.82, 2.24) is 10.2 Å². The van der Waals surface area contributed by atoms with Crippen LogP contribution >= 0.6 is 23.1 Å². The van der Waals surface area contributed by atoms with Gasteiger partial charge in [-0.05, 0) is 18.1 Å². The lowest BCUT2D eigenvalue weighted by Gasteiger charge is -2.21. The number of para-hydroxylation sites is 1. The van der Waals surface area contributed by atoms with E-state index >= 15 is 0 Å². The average Bonchev–Trinajstić information content (AvgIpc) is 2.98. The summed E-state index contributed by atoms with van der Waals surface area (Å²) in [6.45, 7) is 3.90. The van der Waals surface area contributed by atoms with Gasteiger partial charge in [0.25, 0.3) is 0 Å². The quantitative estimate of drug-likeness (QED) is 0.541. The summed E-state index contributed by atoms with van der Waals surface area (Å²) in [5, 5.41) is 10.9. The Labute approximate surface area is 155 Å². The molecule has 0 atom stereocenters. The van der Waals surface area contributed by atoms with Crippen molar-refractivity contribution in [2.75, 3.05) is 28.2 Å². The number of sulfonamides is 1. The topological polar surface area (TPSA) is 92.3 Å². The molecule has 0 aliphatic rings. The molecule has 0 unspecified atom stereocenters. The van der Waals surface area contributed by atoms with E-state index in [1.807, 2.05) is 0 Å². The van der Waals surface area contributed by atoms with Crippen LogP contribution in [0.5, 0.6) is 0 Å². The number of hydrogen-bond donors (Lipinski definition) is 1. The highest BCUT2D eigenvalue weighted by molar-refractivity contribution is 8.01. The van der Waals surface area contributed by atoms with E-state index < -0.39 is 15.9 Å². The SMILES string of the molecule is CC(C)CSc1nnc(NC(=O)CN(c2ccccc2)S(C)(=O)=O)s1. The highest BCUT2D eigenvalue weighted by Crippen LogP contribution is 2.27. The Hall–Kier alpha value is -1.65. The van der Waals surface area contributed by atoms with Gasteiger partial charge < -0.3 is 0 Å². The number of hydrogen-bond acceptors (Lipinski definition) is 7. The average molecular weight is 401 g/mol. The monoisotopic (exact) mass is 400 g/mol. The normalized spacial score (nSPS) is 11.5. The third-order valence-corrected chi connectivity index (χ3v) is 6.46. The third kappa shape index (κ3) is 6.29. The molecule has 0 bridgehead atoms. The number of thioether (sulfide) groups is 1. The van der Waals surface area contributed by atoms with Crippen LogP contribution in [0.3, 0.4) is 0 Å². The highest BCUT2D eigenvalue weighted by Gasteiger charge is 2.21. The maximum absolute atomic E-state index is 12.2. The van der Waals surface area contributed by atoms with Crippen LogP contribution in [0.25, 0.3) is 0 Å². The first kappa shape index (κ1) is 19.7. The molecule has 0 radical (unpaired) electrons. The molecule has 7 nitrogen and oxygen atoms in total. The standard InChI is InChI=1S/C15H20N4O3S3/c1-11(2)10-23-15-18-17-14(24-15)16-13(20)9-19(25(3,21)22)12-7-5-4-6-8-12/h4-8,11H,9-10H2,1-3H3,(H,16,17,20). The van der Waals surface area contributed by atoms with Gasteiger partial charge in [0.2, 0.25) is 21.1 Å². The number of nitrogens with one attached hydrogen (secondary N) is 1. The summed E-state index contributed by atoms with van der Waals surface area (Å²) in [4.78, 5) is 12.2. The van der Waals surface area contributed by atoms with Gasteiger partial charge in [-0.1, -0.05) is 55.1 Å². The number of benzene rings is 1. The van der Waals surface area contributed by atoms with Crippen molar-refractivity contribution in [2.45, 2.75) is 18.2 Å². The van der Waals surface area contributed by atoms with Gasteiger partial charge >= 0.3 is 0 Å². The summed E-state index contributed by atoms with van der Waals surface area (Å²) >= 11 is 2.85. The van der Waals surface area contributed by atoms with E-state index in [9.17, 15) is 13.2 Å². The second-order valence-electron chi connectivity index (χ2n) is 5.73. The van der Waals surface area contributed by atoms with Crippen LogP contribution in [0.15, 0.2) is 34.7 Å². The summed E-state index contributed by atoms with van der Waals surface area (Å²) in [5.41, 5.74) is 0.436. The van der Waals surface area contributed by atoms with Crippen molar-refractivity contribution in [1.29, 1.82) is 0 Å². The van der Waals surface area contributed by atoms with Gasteiger partial charge in [0.15, 0.2) is 4.34 Å². The van der Waals surface area contributed by atoms with Crippen molar-refractivity contribution < 1.29 is 13.2 Å². The van der Waals surface area contributed by atoms with Crippen LogP contribution in [-0.2, 0) is 14.8 Å². The first-order valence-corrected chi connectivity index (χ1v) is 11.2. The van der Waals surface area contributed by atoms with Gasteiger partial charge in [0.1, 0.15) is 6.54 Å². The van der Waals surface area contributed by atoms with Gasteiger partial charge in [-0.3, -0.25) is 14.4 Å². The summed E-state index contributed by atoms with van der Waals surface area (Å²) < 4.78 is 25.8. The molecule has 0 spiro atoms. The van der Waals surface area contributed by atoms with Crippen LogP contribution in [0, 0.1) is 5.92 Å². The van der Waals surface area contributed by atoms with Crippen LogP contribution in [0.4, 0.5) is 10.8 Å². The molecular formula is C15H20N4O3S3. The van der Waals surface area contributed by atoms with Gasteiger partial charge in [-0.2, -0.15) is 0 Å². The Morgan fingerprint density at radius 1 is 1.28 bits per heavy atom. The molecule has 1 amide bonds. The molecule has 0 aliphatic heterocycles. The minimum Gasteiger partial charge on any atom is -0.299 e. The minimum atomic E-state index is -3.58. The van der Waals surface area contributed by atoms with Crippen LogP contribution in [-0.4, -0.2) is 43.1 Å². The first-order valence-electron chi connectivity index (χ1n) is 7.54. The Balaban J connectivity index is 2.02. The van der Waals surface area contributed by atoms with Crippen molar-refractivity contribution in [3.8, 4) is 0 Å². The van der Waals surface area contributed by atoms with Crippen molar-refractivity contribution in [2.24, 2.45) is 5.92 Å². The van der Waals surface area contributed by atoms with Crippen molar-refractivity contribution in [3.63, 3.8) is 0 Å².